The van der Waals surface area contributed by atoms with Crippen LogP contribution in [0.25, 0.3) is 10.2 Å². The van der Waals surface area contributed by atoms with E-state index in [1.807, 2.05) is 48.5 Å². The van der Waals surface area contributed by atoms with Crippen LogP contribution in [-0.2, 0) is 4.79 Å². The van der Waals surface area contributed by atoms with Gasteiger partial charge in [-0.3, -0.25) is 4.79 Å². The number of hydrogen-bond donors (Lipinski definition) is 1. The Labute approximate surface area is 162 Å². The van der Waals surface area contributed by atoms with E-state index in [0.717, 1.165) is 19.4 Å². The summed E-state index contributed by atoms with van der Waals surface area (Å²) < 4.78 is 2.12. The van der Waals surface area contributed by atoms with Crippen LogP contribution in [0.1, 0.15) is 5.56 Å². The van der Waals surface area contributed by atoms with Gasteiger partial charge in [-0.25, -0.2) is 4.98 Å². The molecule has 0 fully saturated rings. The Morgan fingerprint density at radius 2 is 2.04 bits per heavy atom. The molecule has 1 aromatic heterocycles. The number of benzene rings is 2. The second-order valence-corrected chi connectivity index (χ2v) is 7.64. The van der Waals surface area contributed by atoms with Crippen molar-refractivity contribution in [3.63, 3.8) is 0 Å². The fraction of sp³-hybridized carbons (Fsp3) is 0.0556. The van der Waals surface area contributed by atoms with Gasteiger partial charge < -0.3 is 5.32 Å². The minimum atomic E-state index is -0.178. The second kappa shape index (κ2) is 6.57. The number of fused-ring (bicyclic) bond motifs is 1. The molecule has 2 aromatic carbocycles. The number of aromatic nitrogens is 1. The van der Waals surface area contributed by atoms with Crippen molar-refractivity contribution in [2.75, 3.05) is 12.1 Å². The molecule has 0 unspecified atom stereocenters. The van der Waals surface area contributed by atoms with Crippen molar-refractivity contribution >= 4 is 60.9 Å². The Kier molecular flexibility index (Phi) is 4.26. The highest BCUT2D eigenvalue weighted by Crippen LogP contribution is 2.33. The van der Waals surface area contributed by atoms with Crippen LogP contribution in [0.5, 0.6) is 0 Å². The molecule has 1 amide bonds. The Bertz CT molecular complexity index is 1010. The van der Waals surface area contributed by atoms with E-state index in [0.29, 0.717) is 16.4 Å². The first-order chi connectivity index (χ1) is 12.2. The van der Waals surface area contributed by atoms with Crippen LogP contribution in [0.2, 0.25) is 0 Å². The number of nitrogens with one attached hydrogen (secondary N) is 1. The maximum atomic E-state index is 12.9. The number of halogens is 1. The molecule has 25 heavy (non-hydrogen) atoms. The number of rotatable bonds is 3. The number of carbonyl (C=O) groups is 1. The summed E-state index contributed by atoms with van der Waals surface area (Å²) in [6, 6.07) is 15.8. The molecule has 1 aliphatic heterocycles. The number of carbonyl (C=O) groups excluding carboxylic acids is 1. The summed E-state index contributed by atoms with van der Waals surface area (Å²) in [6.07, 6.45) is 1.69. The molecule has 5 nitrogen and oxygen atoms in total. The highest BCUT2D eigenvalue weighted by Gasteiger charge is 2.33. The average molecular weight is 460 g/mol. The number of nitrogens with zero attached hydrogens (tertiary/aromatic N) is 3. The summed E-state index contributed by atoms with van der Waals surface area (Å²) in [6.45, 7) is 0. The lowest BCUT2D eigenvalue weighted by Crippen LogP contribution is -2.22. The van der Waals surface area contributed by atoms with Crippen molar-refractivity contribution in [1.29, 1.82) is 0 Å². The summed E-state index contributed by atoms with van der Waals surface area (Å²) in [5.41, 5.74) is 2.96. The van der Waals surface area contributed by atoms with Gasteiger partial charge in [-0.2, -0.15) is 10.1 Å². The first kappa shape index (κ1) is 16.2. The Morgan fingerprint density at radius 1 is 1.20 bits per heavy atom. The van der Waals surface area contributed by atoms with E-state index in [4.69, 9.17) is 0 Å². The van der Waals surface area contributed by atoms with Gasteiger partial charge in [-0.15, -0.1) is 0 Å². The zero-order chi connectivity index (χ0) is 17.4. The Balaban J connectivity index is 1.83. The number of anilines is 1. The third-order valence-electron chi connectivity index (χ3n) is 3.73. The Hall–Kier alpha value is -2.26. The molecule has 0 spiro atoms. The molecule has 0 aliphatic carbocycles. The molecule has 4 rings (SSSR count). The lowest BCUT2D eigenvalue weighted by molar-refractivity contribution is -0.114. The van der Waals surface area contributed by atoms with Gasteiger partial charge in [-0.1, -0.05) is 35.6 Å². The minimum absolute atomic E-state index is 0.178. The predicted molar refractivity (Wildman–Crippen MR) is 110 cm³/mol. The SMILES string of the molecule is CN/C=C1/C(=O)N(c2nc3ccccc3s2)N=C1c1cccc(I)c1. The number of para-hydroxylation sites is 1. The van der Waals surface area contributed by atoms with E-state index >= 15 is 0 Å². The zero-order valence-corrected chi connectivity index (χ0v) is 16.2. The van der Waals surface area contributed by atoms with Crippen LogP contribution >= 0.6 is 33.9 Å². The van der Waals surface area contributed by atoms with Crippen LogP contribution in [0.3, 0.4) is 0 Å². The maximum absolute atomic E-state index is 12.9. The van der Waals surface area contributed by atoms with Crippen molar-refractivity contribution < 1.29 is 4.79 Å². The lowest BCUT2D eigenvalue weighted by atomic mass is 10.0. The van der Waals surface area contributed by atoms with E-state index < -0.39 is 0 Å². The quantitative estimate of drug-likeness (QED) is 0.479. The van der Waals surface area contributed by atoms with Crippen molar-refractivity contribution in [3.8, 4) is 0 Å². The van der Waals surface area contributed by atoms with Crippen LogP contribution in [-0.4, -0.2) is 23.7 Å². The molecule has 0 saturated carbocycles. The topological polar surface area (TPSA) is 57.6 Å². The predicted octanol–water partition coefficient (Wildman–Crippen LogP) is 3.76. The largest absolute Gasteiger partial charge is 0.393 e. The van der Waals surface area contributed by atoms with Gasteiger partial charge in [0.1, 0.15) is 5.71 Å². The molecule has 1 aliphatic rings. The molecule has 1 N–H and O–H groups in total. The number of hydrogen-bond acceptors (Lipinski definition) is 5. The van der Waals surface area contributed by atoms with Crippen LogP contribution < -0.4 is 10.3 Å². The number of hydrazone groups is 1. The summed E-state index contributed by atoms with van der Waals surface area (Å²) in [7, 11) is 1.77. The summed E-state index contributed by atoms with van der Waals surface area (Å²) in [5, 5.41) is 9.50. The first-order valence-corrected chi connectivity index (χ1v) is 9.49. The minimum Gasteiger partial charge on any atom is -0.393 e. The molecule has 7 heteroatoms. The second-order valence-electron chi connectivity index (χ2n) is 5.39. The van der Waals surface area contributed by atoms with Gasteiger partial charge in [0.25, 0.3) is 5.91 Å². The van der Waals surface area contributed by atoms with E-state index in [-0.39, 0.29) is 5.91 Å². The normalized spacial score (nSPS) is 15.9. The standard InChI is InChI=1S/C18H13IN4OS/c1-20-10-13-16(11-5-4-6-12(19)9-11)22-23(17(13)24)18-21-14-7-2-3-8-15(14)25-18/h2-10,20H,1H3/b13-10+. The third kappa shape index (κ3) is 2.93. The number of amides is 1. The molecule has 124 valence electrons. The third-order valence-corrected chi connectivity index (χ3v) is 5.41. The van der Waals surface area contributed by atoms with E-state index in [1.54, 1.807) is 13.2 Å². The van der Waals surface area contributed by atoms with Gasteiger partial charge in [-0.05, 0) is 46.9 Å². The monoisotopic (exact) mass is 460 g/mol. The zero-order valence-electron chi connectivity index (χ0n) is 13.2. The average Bonchev–Trinajstić information content (AvgIpc) is 3.17. The van der Waals surface area contributed by atoms with Gasteiger partial charge in [0, 0.05) is 22.4 Å². The van der Waals surface area contributed by atoms with E-state index in [9.17, 15) is 4.79 Å². The molecular weight excluding hydrogens is 447 g/mol. The van der Waals surface area contributed by atoms with Gasteiger partial charge in [0.05, 0.1) is 15.8 Å². The first-order valence-electron chi connectivity index (χ1n) is 7.60. The highest BCUT2D eigenvalue weighted by molar-refractivity contribution is 14.1. The molecule has 0 radical (unpaired) electrons. The lowest BCUT2D eigenvalue weighted by Gasteiger charge is -2.06. The summed E-state index contributed by atoms with van der Waals surface area (Å²) in [5.74, 6) is -0.178. The van der Waals surface area contributed by atoms with Crippen LogP contribution in [0.4, 0.5) is 5.13 Å². The van der Waals surface area contributed by atoms with Crippen LogP contribution in [0, 0.1) is 3.57 Å². The van der Waals surface area contributed by atoms with Gasteiger partial charge >= 0.3 is 0 Å². The van der Waals surface area contributed by atoms with Gasteiger partial charge in [0.2, 0.25) is 5.13 Å². The molecule has 0 saturated heterocycles. The number of thiazole rings is 1. The molecular formula is C18H13IN4OS. The Morgan fingerprint density at radius 3 is 2.80 bits per heavy atom. The van der Waals surface area contributed by atoms with Gasteiger partial charge in [0.15, 0.2) is 0 Å². The van der Waals surface area contributed by atoms with Crippen molar-refractivity contribution in [3.05, 3.63) is 69.4 Å². The molecule has 2 heterocycles. The van der Waals surface area contributed by atoms with E-state index in [1.165, 1.54) is 16.3 Å². The maximum Gasteiger partial charge on any atom is 0.284 e. The fourth-order valence-corrected chi connectivity index (χ4v) is 4.08. The smallest absolute Gasteiger partial charge is 0.284 e. The molecule has 3 aromatic rings. The van der Waals surface area contributed by atoms with Crippen molar-refractivity contribution in [2.45, 2.75) is 0 Å². The highest BCUT2D eigenvalue weighted by atomic mass is 127. The summed E-state index contributed by atoms with van der Waals surface area (Å²) >= 11 is 3.71. The fourth-order valence-electron chi connectivity index (χ4n) is 2.62. The van der Waals surface area contributed by atoms with Crippen molar-refractivity contribution in [1.82, 2.24) is 10.3 Å². The summed E-state index contributed by atoms with van der Waals surface area (Å²) in [4.78, 5) is 17.5. The van der Waals surface area contributed by atoms with E-state index in [2.05, 4.69) is 38.0 Å². The molecule has 0 atom stereocenters. The molecule has 0 bridgehead atoms. The van der Waals surface area contributed by atoms with Crippen LogP contribution in [0.15, 0.2) is 65.4 Å². The van der Waals surface area contributed by atoms with Crippen molar-refractivity contribution in [2.24, 2.45) is 5.10 Å².